The molecule has 0 unspecified atom stereocenters. The van der Waals surface area contributed by atoms with E-state index in [0.717, 1.165) is 42.5 Å². The molecule has 3 heteroatoms. The van der Waals surface area contributed by atoms with E-state index in [9.17, 15) is 4.39 Å². The van der Waals surface area contributed by atoms with Crippen LogP contribution in [-0.4, -0.2) is 13.1 Å². The summed E-state index contributed by atoms with van der Waals surface area (Å²) in [5.74, 6) is -0.211. The number of nitrogens with one attached hydrogen (secondary N) is 1. The van der Waals surface area contributed by atoms with E-state index in [1.165, 1.54) is 12.1 Å². The van der Waals surface area contributed by atoms with Crippen molar-refractivity contribution in [2.75, 3.05) is 13.1 Å². The summed E-state index contributed by atoms with van der Waals surface area (Å²) in [6.07, 6.45) is 3.72. The van der Waals surface area contributed by atoms with Gasteiger partial charge in [0.2, 0.25) is 0 Å². The molecule has 86 valence electrons. The molecule has 0 radical (unpaired) electrons. The second-order valence-electron chi connectivity index (χ2n) is 3.90. The highest BCUT2D eigenvalue weighted by Crippen LogP contribution is 2.22. The van der Waals surface area contributed by atoms with Gasteiger partial charge in [-0.3, -0.25) is 0 Å². The minimum absolute atomic E-state index is 0.211. The van der Waals surface area contributed by atoms with Crippen molar-refractivity contribution >= 4 is 11.0 Å². The molecule has 0 aliphatic carbocycles. The lowest BCUT2D eigenvalue weighted by molar-refractivity contribution is 0.602. The molecule has 2 rings (SSSR count). The van der Waals surface area contributed by atoms with E-state index in [2.05, 4.69) is 12.2 Å². The van der Waals surface area contributed by atoms with Gasteiger partial charge in [-0.15, -0.1) is 0 Å². The Labute approximate surface area is 94.4 Å². The Morgan fingerprint density at radius 1 is 1.31 bits per heavy atom. The summed E-state index contributed by atoms with van der Waals surface area (Å²) in [4.78, 5) is 0. The molecule has 0 amide bonds. The number of fused-ring (bicyclic) bond motifs is 1. The quantitative estimate of drug-likeness (QED) is 0.785. The number of rotatable bonds is 5. The van der Waals surface area contributed by atoms with Gasteiger partial charge in [0.15, 0.2) is 0 Å². The van der Waals surface area contributed by atoms with Crippen molar-refractivity contribution in [1.82, 2.24) is 5.32 Å². The molecular formula is C13H16FNO. The number of furan rings is 1. The van der Waals surface area contributed by atoms with Gasteiger partial charge in [-0.25, -0.2) is 4.39 Å². The summed E-state index contributed by atoms with van der Waals surface area (Å²) in [6.45, 7) is 4.05. The standard InChI is InChI=1S/C13H16FNO/c1-2-6-15-7-5-10-9-16-13-4-3-11(14)8-12(10)13/h3-4,8-9,15H,2,5-7H2,1H3. The Balaban J connectivity index is 2.09. The number of hydrogen-bond donors (Lipinski definition) is 1. The third-order valence-electron chi connectivity index (χ3n) is 2.61. The van der Waals surface area contributed by atoms with E-state index in [4.69, 9.17) is 4.42 Å². The maximum Gasteiger partial charge on any atom is 0.134 e. The van der Waals surface area contributed by atoms with Crippen LogP contribution in [0.5, 0.6) is 0 Å². The second-order valence-corrected chi connectivity index (χ2v) is 3.90. The summed E-state index contributed by atoms with van der Waals surface area (Å²) < 4.78 is 18.4. The predicted molar refractivity (Wildman–Crippen MR) is 63.0 cm³/mol. The molecule has 0 atom stereocenters. The van der Waals surface area contributed by atoms with Gasteiger partial charge in [0.1, 0.15) is 11.4 Å². The maximum atomic E-state index is 13.1. The summed E-state index contributed by atoms with van der Waals surface area (Å²) >= 11 is 0. The second kappa shape index (κ2) is 5.12. The molecule has 0 saturated carbocycles. The lowest BCUT2D eigenvalue weighted by Gasteiger charge is -2.01. The smallest absolute Gasteiger partial charge is 0.134 e. The Morgan fingerprint density at radius 2 is 2.19 bits per heavy atom. The van der Waals surface area contributed by atoms with Crippen LogP contribution in [0.4, 0.5) is 4.39 Å². The minimum Gasteiger partial charge on any atom is -0.464 e. The minimum atomic E-state index is -0.211. The van der Waals surface area contributed by atoms with Crippen LogP contribution in [0.15, 0.2) is 28.9 Å². The zero-order chi connectivity index (χ0) is 11.4. The van der Waals surface area contributed by atoms with Crippen molar-refractivity contribution in [3.8, 4) is 0 Å². The zero-order valence-electron chi connectivity index (χ0n) is 9.42. The normalized spacial score (nSPS) is 11.1. The summed E-state index contributed by atoms with van der Waals surface area (Å²) in [6, 6.07) is 4.63. The topological polar surface area (TPSA) is 25.2 Å². The lowest BCUT2D eigenvalue weighted by Crippen LogP contribution is -2.17. The van der Waals surface area contributed by atoms with Crippen LogP contribution in [0.25, 0.3) is 11.0 Å². The highest BCUT2D eigenvalue weighted by atomic mass is 19.1. The molecule has 0 spiro atoms. The van der Waals surface area contributed by atoms with Gasteiger partial charge in [0, 0.05) is 5.39 Å². The highest BCUT2D eigenvalue weighted by molar-refractivity contribution is 5.81. The first-order valence-electron chi connectivity index (χ1n) is 5.67. The van der Waals surface area contributed by atoms with Gasteiger partial charge in [0.25, 0.3) is 0 Å². The molecule has 0 saturated heterocycles. The fraction of sp³-hybridized carbons (Fsp3) is 0.385. The molecular weight excluding hydrogens is 205 g/mol. The molecule has 0 bridgehead atoms. The Morgan fingerprint density at radius 3 is 3.00 bits per heavy atom. The SMILES string of the molecule is CCCNCCc1coc2ccc(F)cc12. The summed E-state index contributed by atoms with van der Waals surface area (Å²) in [5, 5.41) is 4.20. The predicted octanol–water partition coefficient (Wildman–Crippen LogP) is 3.11. The van der Waals surface area contributed by atoms with Crippen LogP contribution in [0.3, 0.4) is 0 Å². The monoisotopic (exact) mass is 221 g/mol. The van der Waals surface area contributed by atoms with Crippen LogP contribution in [0, 0.1) is 5.82 Å². The highest BCUT2D eigenvalue weighted by Gasteiger charge is 2.06. The van der Waals surface area contributed by atoms with E-state index in [-0.39, 0.29) is 5.82 Å². The molecule has 0 aliphatic rings. The van der Waals surface area contributed by atoms with Gasteiger partial charge in [0.05, 0.1) is 6.26 Å². The van der Waals surface area contributed by atoms with Crippen molar-refractivity contribution in [2.45, 2.75) is 19.8 Å². The van der Waals surface area contributed by atoms with Gasteiger partial charge < -0.3 is 9.73 Å². The third-order valence-corrected chi connectivity index (χ3v) is 2.61. The van der Waals surface area contributed by atoms with Crippen molar-refractivity contribution in [3.63, 3.8) is 0 Å². The largest absolute Gasteiger partial charge is 0.464 e. The van der Waals surface area contributed by atoms with Crippen molar-refractivity contribution in [3.05, 3.63) is 35.8 Å². The van der Waals surface area contributed by atoms with Crippen LogP contribution < -0.4 is 5.32 Å². The van der Waals surface area contributed by atoms with Crippen LogP contribution in [-0.2, 0) is 6.42 Å². The Kier molecular flexibility index (Phi) is 3.57. The first-order chi connectivity index (χ1) is 7.81. The molecule has 2 nitrogen and oxygen atoms in total. The van der Waals surface area contributed by atoms with Crippen LogP contribution in [0.1, 0.15) is 18.9 Å². The van der Waals surface area contributed by atoms with Gasteiger partial charge >= 0.3 is 0 Å². The molecule has 1 aromatic heterocycles. The molecule has 1 aromatic carbocycles. The number of benzene rings is 1. The fourth-order valence-electron chi connectivity index (χ4n) is 1.77. The summed E-state index contributed by atoms with van der Waals surface area (Å²) in [7, 11) is 0. The maximum absolute atomic E-state index is 13.1. The van der Waals surface area contributed by atoms with Crippen molar-refractivity contribution in [1.29, 1.82) is 0 Å². The van der Waals surface area contributed by atoms with Gasteiger partial charge in [-0.2, -0.15) is 0 Å². The molecule has 2 aromatic rings. The molecule has 1 heterocycles. The Bertz CT molecular complexity index is 464. The summed E-state index contributed by atoms with van der Waals surface area (Å²) in [5.41, 5.74) is 1.82. The van der Waals surface area contributed by atoms with E-state index >= 15 is 0 Å². The third kappa shape index (κ3) is 2.42. The van der Waals surface area contributed by atoms with E-state index < -0.39 is 0 Å². The Hall–Kier alpha value is -1.35. The first kappa shape index (κ1) is 11.1. The van der Waals surface area contributed by atoms with E-state index in [1.807, 2.05) is 0 Å². The van der Waals surface area contributed by atoms with Crippen LogP contribution >= 0.6 is 0 Å². The fourth-order valence-corrected chi connectivity index (χ4v) is 1.77. The molecule has 1 N–H and O–H groups in total. The van der Waals surface area contributed by atoms with Crippen LogP contribution in [0.2, 0.25) is 0 Å². The average Bonchev–Trinajstić information content (AvgIpc) is 2.67. The zero-order valence-corrected chi connectivity index (χ0v) is 9.42. The number of halogens is 1. The van der Waals surface area contributed by atoms with Crippen molar-refractivity contribution < 1.29 is 8.81 Å². The van der Waals surface area contributed by atoms with Crippen molar-refractivity contribution in [2.24, 2.45) is 0 Å². The number of hydrogen-bond acceptors (Lipinski definition) is 2. The first-order valence-corrected chi connectivity index (χ1v) is 5.67. The lowest BCUT2D eigenvalue weighted by atomic mass is 10.1. The molecule has 0 aliphatic heterocycles. The van der Waals surface area contributed by atoms with Gasteiger partial charge in [-0.05, 0) is 49.7 Å². The van der Waals surface area contributed by atoms with E-state index in [1.54, 1.807) is 12.3 Å². The average molecular weight is 221 g/mol. The molecule has 0 fully saturated rings. The molecule has 16 heavy (non-hydrogen) atoms. The van der Waals surface area contributed by atoms with E-state index in [0.29, 0.717) is 0 Å². The van der Waals surface area contributed by atoms with Gasteiger partial charge in [-0.1, -0.05) is 6.92 Å².